The van der Waals surface area contributed by atoms with Crippen molar-refractivity contribution < 1.29 is 14.7 Å². The molecular weight excluding hydrogens is 254 g/mol. The van der Waals surface area contributed by atoms with E-state index in [-0.39, 0.29) is 37.7 Å². The van der Waals surface area contributed by atoms with Crippen LogP contribution in [-0.4, -0.2) is 29.9 Å². The van der Waals surface area contributed by atoms with Crippen LogP contribution in [0.25, 0.3) is 0 Å². The summed E-state index contributed by atoms with van der Waals surface area (Å²) < 4.78 is 0. The monoisotopic (exact) mass is 277 g/mol. The second-order valence-corrected chi connectivity index (χ2v) is 5.29. The van der Waals surface area contributed by atoms with Crippen molar-refractivity contribution in [2.24, 2.45) is 5.92 Å². The van der Waals surface area contributed by atoms with Crippen LogP contribution in [0.2, 0.25) is 0 Å². The summed E-state index contributed by atoms with van der Waals surface area (Å²) in [5, 5.41) is 11.1. The summed E-state index contributed by atoms with van der Waals surface area (Å²) in [6.07, 6.45) is 1.35. The number of Topliss-reactive ketones (excluding diaryl/α,β-unsaturated/α-hetero) is 1. The van der Waals surface area contributed by atoms with Crippen molar-refractivity contribution in [2.45, 2.75) is 33.1 Å². The third kappa shape index (κ3) is 5.97. The van der Waals surface area contributed by atoms with Gasteiger partial charge in [-0.1, -0.05) is 38.1 Å². The maximum absolute atomic E-state index is 11.9. The quantitative estimate of drug-likeness (QED) is 0.714. The normalized spacial score (nSPS) is 10.6. The fraction of sp³-hybridized carbons (Fsp3) is 0.500. The van der Waals surface area contributed by atoms with Crippen LogP contribution in [0.5, 0.6) is 0 Å². The van der Waals surface area contributed by atoms with Gasteiger partial charge in [-0.2, -0.15) is 0 Å². The third-order valence-electron chi connectivity index (χ3n) is 2.93. The Labute approximate surface area is 120 Å². The molecule has 0 saturated heterocycles. The maximum atomic E-state index is 11.9. The summed E-state index contributed by atoms with van der Waals surface area (Å²) >= 11 is 0. The van der Waals surface area contributed by atoms with E-state index in [1.165, 1.54) is 5.56 Å². The highest BCUT2D eigenvalue weighted by molar-refractivity contribution is 5.97. The summed E-state index contributed by atoms with van der Waals surface area (Å²) in [7, 11) is 0. The van der Waals surface area contributed by atoms with Crippen LogP contribution in [0.15, 0.2) is 24.3 Å². The number of aliphatic hydroxyl groups is 1. The molecule has 1 aromatic rings. The molecule has 0 aliphatic heterocycles. The lowest BCUT2D eigenvalue weighted by Crippen LogP contribution is -2.26. The number of hydrogen-bond acceptors (Lipinski definition) is 3. The van der Waals surface area contributed by atoms with E-state index < -0.39 is 0 Å². The van der Waals surface area contributed by atoms with Gasteiger partial charge in [-0.25, -0.2) is 0 Å². The topological polar surface area (TPSA) is 66.4 Å². The lowest BCUT2D eigenvalue weighted by atomic mass is 9.99. The molecule has 20 heavy (non-hydrogen) atoms. The molecule has 0 bridgehead atoms. The van der Waals surface area contributed by atoms with Gasteiger partial charge < -0.3 is 10.4 Å². The van der Waals surface area contributed by atoms with E-state index in [9.17, 15) is 9.59 Å². The molecule has 4 nitrogen and oxygen atoms in total. The number of aliphatic hydroxyl groups excluding tert-OH is 1. The van der Waals surface area contributed by atoms with Crippen LogP contribution in [-0.2, 0) is 11.2 Å². The number of rotatable bonds is 8. The zero-order valence-corrected chi connectivity index (χ0v) is 12.2. The van der Waals surface area contributed by atoms with E-state index in [1.54, 1.807) is 0 Å². The average molecular weight is 277 g/mol. The molecule has 0 atom stereocenters. The molecule has 1 rings (SSSR count). The van der Waals surface area contributed by atoms with Crippen LogP contribution < -0.4 is 5.32 Å². The molecular formula is C16H23NO3. The molecule has 0 fully saturated rings. The lowest BCUT2D eigenvalue weighted by Gasteiger charge is -2.06. The first kappa shape index (κ1) is 16.4. The lowest BCUT2D eigenvalue weighted by molar-refractivity contribution is -0.121. The minimum Gasteiger partial charge on any atom is -0.395 e. The summed E-state index contributed by atoms with van der Waals surface area (Å²) in [5.41, 5.74) is 1.87. The Balaban J connectivity index is 2.45. The van der Waals surface area contributed by atoms with Crippen molar-refractivity contribution in [3.05, 3.63) is 35.4 Å². The first-order valence-corrected chi connectivity index (χ1v) is 7.02. The van der Waals surface area contributed by atoms with Gasteiger partial charge in [0, 0.05) is 24.9 Å². The molecule has 2 N–H and O–H groups in total. The molecule has 0 aromatic heterocycles. The van der Waals surface area contributed by atoms with Gasteiger partial charge >= 0.3 is 0 Å². The maximum Gasteiger partial charge on any atom is 0.220 e. The molecule has 1 amide bonds. The summed E-state index contributed by atoms with van der Waals surface area (Å²) in [5.74, 6) is 0.357. The van der Waals surface area contributed by atoms with Crippen LogP contribution >= 0.6 is 0 Å². The zero-order chi connectivity index (χ0) is 15.0. The van der Waals surface area contributed by atoms with Gasteiger partial charge in [-0.15, -0.1) is 0 Å². The molecule has 0 spiro atoms. The van der Waals surface area contributed by atoms with E-state index in [2.05, 4.69) is 19.2 Å². The Morgan fingerprint density at radius 2 is 1.80 bits per heavy atom. The van der Waals surface area contributed by atoms with E-state index in [1.807, 2.05) is 24.3 Å². The van der Waals surface area contributed by atoms with Gasteiger partial charge in [-0.3, -0.25) is 9.59 Å². The smallest absolute Gasteiger partial charge is 0.220 e. The van der Waals surface area contributed by atoms with Crippen molar-refractivity contribution in [1.82, 2.24) is 5.32 Å². The summed E-state index contributed by atoms with van der Waals surface area (Å²) in [6, 6.07) is 7.59. The van der Waals surface area contributed by atoms with Crippen LogP contribution in [0, 0.1) is 5.92 Å². The number of nitrogens with one attached hydrogen (secondary N) is 1. The predicted octanol–water partition coefficient (Wildman–Crippen LogP) is 1.96. The number of benzene rings is 1. The highest BCUT2D eigenvalue weighted by Gasteiger charge is 2.09. The zero-order valence-electron chi connectivity index (χ0n) is 12.2. The Bertz CT molecular complexity index is 438. The van der Waals surface area contributed by atoms with Crippen LogP contribution in [0.1, 0.15) is 42.6 Å². The van der Waals surface area contributed by atoms with Gasteiger partial charge in [0.1, 0.15) is 0 Å². The standard InChI is InChI=1S/C16H23NO3/c1-12(2)11-13-3-5-14(6-4-13)15(19)7-8-16(20)17-9-10-18/h3-6,12,18H,7-11H2,1-2H3,(H,17,20). The Morgan fingerprint density at radius 3 is 2.35 bits per heavy atom. The third-order valence-corrected chi connectivity index (χ3v) is 2.93. The van der Waals surface area contributed by atoms with Crippen LogP contribution in [0.4, 0.5) is 0 Å². The van der Waals surface area contributed by atoms with Gasteiger partial charge in [-0.05, 0) is 17.9 Å². The highest BCUT2D eigenvalue weighted by atomic mass is 16.3. The van der Waals surface area contributed by atoms with Gasteiger partial charge in [0.2, 0.25) is 5.91 Å². The number of amides is 1. The number of ketones is 1. The number of carbonyl (C=O) groups excluding carboxylic acids is 2. The predicted molar refractivity (Wildman–Crippen MR) is 78.6 cm³/mol. The Kier molecular flexibility index (Phi) is 6.94. The van der Waals surface area contributed by atoms with E-state index in [0.717, 1.165) is 6.42 Å². The van der Waals surface area contributed by atoms with Crippen molar-refractivity contribution in [2.75, 3.05) is 13.2 Å². The fourth-order valence-electron chi connectivity index (χ4n) is 1.95. The molecule has 4 heteroatoms. The first-order valence-electron chi connectivity index (χ1n) is 7.02. The molecule has 1 aromatic carbocycles. The fourth-order valence-corrected chi connectivity index (χ4v) is 1.95. The van der Waals surface area contributed by atoms with Crippen molar-refractivity contribution >= 4 is 11.7 Å². The first-order chi connectivity index (χ1) is 9.52. The Hall–Kier alpha value is -1.68. The molecule has 0 saturated carbocycles. The number of hydrogen-bond donors (Lipinski definition) is 2. The minimum absolute atomic E-state index is 0.0276. The summed E-state index contributed by atoms with van der Waals surface area (Å²) in [4.78, 5) is 23.3. The average Bonchev–Trinajstić information content (AvgIpc) is 2.42. The van der Waals surface area contributed by atoms with Gasteiger partial charge in [0.05, 0.1) is 6.61 Å². The largest absolute Gasteiger partial charge is 0.395 e. The molecule has 110 valence electrons. The molecule has 0 heterocycles. The van der Waals surface area contributed by atoms with Crippen molar-refractivity contribution in [3.63, 3.8) is 0 Å². The molecule has 0 radical (unpaired) electrons. The number of carbonyl (C=O) groups is 2. The SMILES string of the molecule is CC(C)Cc1ccc(C(=O)CCC(=O)NCCO)cc1. The van der Waals surface area contributed by atoms with Crippen molar-refractivity contribution in [1.29, 1.82) is 0 Å². The second-order valence-electron chi connectivity index (χ2n) is 5.29. The van der Waals surface area contributed by atoms with E-state index in [4.69, 9.17) is 5.11 Å². The molecule has 0 unspecified atom stereocenters. The van der Waals surface area contributed by atoms with Gasteiger partial charge in [0.25, 0.3) is 0 Å². The summed E-state index contributed by atoms with van der Waals surface area (Å²) in [6.45, 7) is 4.46. The molecule has 0 aliphatic carbocycles. The Morgan fingerprint density at radius 1 is 1.15 bits per heavy atom. The van der Waals surface area contributed by atoms with Gasteiger partial charge in [0.15, 0.2) is 5.78 Å². The van der Waals surface area contributed by atoms with E-state index in [0.29, 0.717) is 11.5 Å². The second kappa shape index (κ2) is 8.48. The van der Waals surface area contributed by atoms with E-state index >= 15 is 0 Å². The highest BCUT2D eigenvalue weighted by Crippen LogP contribution is 2.11. The molecule has 0 aliphatic rings. The van der Waals surface area contributed by atoms with Crippen LogP contribution in [0.3, 0.4) is 0 Å². The van der Waals surface area contributed by atoms with Crippen molar-refractivity contribution in [3.8, 4) is 0 Å². The minimum atomic E-state index is -0.205.